The van der Waals surface area contributed by atoms with Gasteiger partial charge in [-0.3, -0.25) is 14.5 Å². The van der Waals surface area contributed by atoms with Crippen LogP contribution < -0.4 is 9.80 Å². The Balaban J connectivity index is 2.30. The van der Waals surface area contributed by atoms with Crippen molar-refractivity contribution in [2.75, 3.05) is 30.7 Å². The number of amides is 2. The maximum absolute atomic E-state index is 12.8. The second-order valence-electron chi connectivity index (χ2n) is 5.70. The van der Waals surface area contributed by atoms with E-state index in [0.717, 1.165) is 16.8 Å². The topological polar surface area (TPSA) is 49.9 Å². The molecule has 0 aliphatic heterocycles. The molecule has 2 amide bonds. The van der Waals surface area contributed by atoms with E-state index in [2.05, 4.69) is 0 Å². The largest absolute Gasteiger partial charge is 0.364 e. The molecule has 0 bridgehead atoms. The van der Waals surface area contributed by atoms with Crippen LogP contribution in [-0.4, -0.2) is 33.2 Å². The Morgan fingerprint density at radius 1 is 1.17 bits per heavy atom. The molecule has 126 valence electrons. The zero-order chi connectivity index (χ0) is 17.7. The Labute approximate surface area is 142 Å². The van der Waals surface area contributed by atoms with E-state index in [-0.39, 0.29) is 12.6 Å². The number of benzene rings is 2. The van der Waals surface area contributed by atoms with E-state index in [1.165, 1.54) is 12.0 Å². The van der Waals surface area contributed by atoms with Crippen molar-refractivity contribution in [3.05, 3.63) is 59.2 Å². The molecule has 0 aromatic heterocycles. The van der Waals surface area contributed by atoms with Gasteiger partial charge in [0, 0.05) is 31.1 Å². The summed E-state index contributed by atoms with van der Waals surface area (Å²) >= 11 is 0. The van der Waals surface area contributed by atoms with Crippen LogP contribution in [0, 0.1) is 13.8 Å². The fourth-order valence-corrected chi connectivity index (χ4v) is 2.61. The third kappa shape index (κ3) is 3.81. The molecule has 2 rings (SSSR count). The SMILES string of the molecule is COCN(C=O)c1cccc(C(=O)N(C)c2ccc(C)cc2C)c1. The summed E-state index contributed by atoms with van der Waals surface area (Å²) in [5, 5.41) is 0. The number of anilines is 2. The van der Waals surface area contributed by atoms with Gasteiger partial charge in [-0.1, -0.05) is 23.8 Å². The van der Waals surface area contributed by atoms with E-state index in [1.54, 1.807) is 36.2 Å². The molecule has 0 saturated heterocycles. The van der Waals surface area contributed by atoms with E-state index in [1.807, 2.05) is 32.0 Å². The predicted molar refractivity (Wildman–Crippen MR) is 95.5 cm³/mol. The monoisotopic (exact) mass is 326 g/mol. The van der Waals surface area contributed by atoms with Gasteiger partial charge in [0.25, 0.3) is 5.91 Å². The molecule has 0 atom stereocenters. The predicted octanol–water partition coefficient (Wildman–Crippen LogP) is 3.15. The van der Waals surface area contributed by atoms with Crippen LogP contribution in [0.1, 0.15) is 21.5 Å². The van der Waals surface area contributed by atoms with Gasteiger partial charge in [-0.05, 0) is 43.7 Å². The number of hydrogen-bond donors (Lipinski definition) is 0. The number of methoxy groups -OCH3 is 1. The van der Waals surface area contributed by atoms with E-state index in [0.29, 0.717) is 17.7 Å². The minimum Gasteiger partial charge on any atom is -0.364 e. The summed E-state index contributed by atoms with van der Waals surface area (Å²) in [5.41, 5.74) is 4.18. The van der Waals surface area contributed by atoms with Crippen molar-refractivity contribution >= 4 is 23.7 Å². The lowest BCUT2D eigenvalue weighted by Crippen LogP contribution is -2.28. The first-order valence-electron chi connectivity index (χ1n) is 7.64. The Morgan fingerprint density at radius 2 is 1.92 bits per heavy atom. The Morgan fingerprint density at radius 3 is 2.54 bits per heavy atom. The van der Waals surface area contributed by atoms with Crippen molar-refractivity contribution in [1.82, 2.24) is 0 Å². The first-order valence-corrected chi connectivity index (χ1v) is 7.64. The lowest BCUT2D eigenvalue weighted by atomic mass is 10.1. The lowest BCUT2D eigenvalue weighted by molar-refractivity contribution is -0.108. The quantitative estimate of drug-likeness (QED) is 0.605. The summed E-state index contributed by atoms with van der Waals surface area (Å²) in [5.74, 6) is -0.132. The highest BCUT2D eigenvalue weighted by Crippen LogP contribution is 2.23. The standard InChI is InChI=1S/C19H22N2O3/c1-14-8-9-18(15(2)10-14)20(3)19(23)16-6-5-7-17(11-16)21(12-22)13-24-4/h5-12H,13H2,1-4H3. The molecule has 0 saturated carbocycles. The van der Waals surface area contributed by atoms with Gasteiger partial charge in [-0.15, -0.1) is 0 Å². The highest BCUT2D eigenvalue weighted by Gasteiger charge is 2.16. The molecule has 2 aromatic carbocycles. The van der Waals surface area contributed by atoms with Crippen molar-refractivity contribution in [3.63, 3.8) is 0 Å². The zero-order valence-corrected chi connectivity index (χ0v) is 14.4. The number of nitrogens with zero attached hydrogens (tertiary/aromatic N) is 2. The smallest absolute Gasteiger partial charge is 0.258 e. The molecular formula is C19H22N2O3. The lowest BCUT2D eigenvalue weighted by Gasteiger charge is -2.21. The van der Waals surface area contributed by atoms with Gasteiger partial charge in [0.05, 0.1) is 0 Å². The molecule has 0 radical (unpaired) electrons. The van der Waals surface area contributed by atoms with Gasteiger partial charge >= 0.3 is 0 Å². The molecule has 0 heterocycles. The summed E-state index contributed by atoms with van der Waals surface area (Å²) in [4.78, 5) is 27.0. The Hall–Kier alpha value is -2.66. The molecule has 0 aliphatic carbocycles. The van der Waals surface area contributed by atoms with Crippen LogP contribution >= 0.6 is 0 Å². The average molecular weight is 326 g/mol. The number of hydrogen-bond acceptors (Lipinski definition) is 3. The van der Waals surface area contributed by atoms with Crippen LogP contribution in [0.25, 0.3) is 0 Å². The first kappa shape index (κ1) is 17.7. The van der Waals surface area contributed by atoms with Crippen LogP contribution in [0.4, 0.5) is 11.4 Å². The van der Waals surface area contributed by atoms with Crippen molar-refractivity contribution in [1.29, 1.82) is 0 Å². The van der Waals surface area contributed by atoms with E-state index >= 15 is 0 Å². The summed E-state index contributed by atoms with van der Waals surface area (Å²) in [6.45, 7) is 4.13. The van der Waals surface area contributed by atoms with E-state index in [4.69, 9.17) is 4.74 Å². The number of carbonyl (C=O) groups is 2. The molecule has 5 nitrogen and oxygen atoms in total. The minimum atomic E-state index is -0.132. The van der Waals surface area contributed by atoms with Crippen molar-refractivity contribution in [2.45, 2.75) is 13.8 Å². The first-order chi connectivity index (χ1) is 11.5. The third-order valence-corrected chi connectivity index (χ3v) is 3.84. The molecule has 0 spiro atoms. The normalized spacial score (nSPS) is 10.3. The highest BCUT2D eigenvalue weighted by molar-refractivity contribution is 6.06. The molecule has 24 heavy (non-hydrogen) atoms. The van der Waals surface area contributed by atoms with Gasteiger partial charge in [0.15, 0.2) is 0 Å². The van der Waals surface area contributed by atoms with Crippen molar-refractivity contribution in [2.24, 2.45) is 0 Å². The minimum absolute atomic E-state index is 0.132. The maximum Gasteiger partial charge on any atom is 0.258 e. The van der Waals surface area contributed by atoms with E-state index in [9.17, 15) is 9.59 Å². The second-order valence-corrected chi connectivity index (χ2v) is 5.70. The molecule has 0 aliphatic rings. The van der Waals surface area contributed by atoms with Gasteiger partial charge in [0.2, 0.25) is 6.41 Å². The Bertz CT molecular complexity index is 743. The van der Waals surface area contributed by atoms with Gasteiger partial charge in [-0.2, -0.15) is 0 Å². The summed E-state index contributed by atoms with van der Waals surface area (Å²) < 4.78 is 4.99. The molecule has 0 fully saturated rings. The van der Waals surface area contributed by atoms with Crippen LogP contribution in [0.15, 0.2) is 42.5 Å². The van der Waals surface area contributed by atoms with Crippen LogP contribution in [-0.2, 0) is 9.53 Å². The number of carbonyl (C=O) groups excluding carboxylic acids is 2. The van der Waals surface area contributed by atoms with Crippen LogP contribution in [0.3, 0.4) is 0 Å². The van der Waals surface area contributed by atoms with Gasteiger partial charge in [0.1, 0.15) is 6.73 Å². The van der Waals surface area contributed by atoms with Gasteiger partial charge in [-0.25, -0.2) is 0 Å². The van der Waals surface area contributed by atoms with Crippen LogP contribution in [0.5, 0.6) is 0 Å². The molecular weight excluding hydrogens is 304 g/mol. The van der Waals surface area contributed by atoms with Crippen molar-refractivity contribution < 1.29 is 14.3 Å². The van der Waals surface area contributed by atoms with Crippen LogP contribution in [0.2, 0.25) is 0 Å². The third-order valence-electron chi connectivity index (χ3n) is 3.84. The highest BCUT2D eigenvalue weighted by atomic mass is 16.5. The van der Waals surface area contributed by atoms with E-state index < -0.39 is 0 Å². The number of aryl methyl sites for hydroxylation is 2. The maximum atomic E-state index is 12.8. The molecule has 0 N–H and O–H groups in total. The second kappa shape index (κ2) is 7.75. The number of ether oxygens (including phenoxy) is 1. The number of rotatable bonds is 6. The molecule has 2 aromatic rings. The zero-order valence-electron chi connectivity index (χ0n) is 14.4. The average Bonchev–Trinajstić information content (AvgIpc) is 2.58. The van der Waals surface area contributed by atoms with Crippen molar-refractivity contribution in [3.8, 4) is 0 Å². The summed E-state index contributed by atoms with van der Waals surface area (Å²) in [6.07, 6.45) is 0.681. The molecule has 5 heteroatoms. The fraction of sp³-hybridized carbons (Fsp3) is 0.263. The molecule has 0 unspecified atom stereocenters. The fourth-order valence-electron chi connectivity index (χ4n) is 2.61. The summed E-state index contributed by atoms with van der Waals surface area (Å²) in [6, 6.07) is 12.9. The summed E-state index contributed by atoms with van der Waals surface area (Å²) in [7, 11) is 3.26. The Kier molecular flexibility index (Phi) is 5.71. The van der Waals surface area contributed by atoms with Gasteiger partial charge < -0.3 is 9.64 Å².